The standard InChI is InChI=1S/C43H66O12S/c1-3-5-7-9-11-13-15-17-18-20-22-24-26-28-30-32-39(45)54-36(34-53-43-42(48)41(47)40(46)37(55-43)35-56(49,50)51)33-52-38(44)31-29-27-25-23-21-19-16-14-12-10-8-6-4-2/h5-8,11-14,17-19,21-22,24,28,30,36-37,40-43,46-48H,3-4,9-10,15-16,20,23,25-27,29,31-35H2,1-2H3,(H,49,50,51)/b7-5-,8-6-,13-11-,14-12-,18-17-,21-19-,24-22-,30-28-. The van der Waals surface area contributed by atoms with Gasteiger partial charge in [-0.3, -0.25) is 14.1 Å². The molecular formula is C43H66O12S. The molecular weight excluding hydrogens is 741 g/mol. The largest absolute Gasteiger partial charge is 0.462 e. The minimum Gasteiger partial charge on any atom is -0.462 e. The molecule has 0 amide bonds. The van der Waals surface area contributed by atoms with E-state index < -0.39 is 71.2 Å². The van der Waals surface area contributed by atoms with Gasteiger partial charge in [-0.05, 0) is 70.6 Å². The summed E-state index contributed by atoms with van der Waals surface area (Å²) in [7, 11) is -4.62. The maximum Gasteiger partial charge on any atom is 0.310 e. The van der Waals surface area contributed by atoms with E-state index in [2.05, 4.69) is 86.8 Å². The first kappa shape index (κ1) is 50.6. The van der Waals surface area contributed by atoms with Crippen molar-refractivity contribution in [2.24, 2.45) is 0 Å². The Morgan fingerprint density at radius 1 is 0.625 bits per heavy atom. The molecule has 13 heteroatoms. The molecule has 1 aliphatic rings. The van der Waals surface area contributed by atoms with Crippen molar-refractivity contribution < 1.29 is 56.8 Å². The number of ether oxygens (including phenoxy) is 4. The molecule has 1 fully saturated rings. The van der Waals surface area contributed by atoms with Crippen LogP contribution in [-0.2, 0) is 38.7 Å². The van der Waals surface area contributed by atoms with Crippen molar-refractivity contribution >= 4 is 22.1 Å². The molecule has 6 unspecified atom stereocenters. The van der Waals surface area contributed by atoms with Crippen LogP contribution in [0.5, 0.6) is 0 Å². The SMILES string of the molecule is CC/C=C\C/C=C\C/C=C\C/C=C\C/C=C\CC(=O)OC(COC(=O)CCCCC/C=C\C/C=C\C/C=C\CC)COC1OC(CS(=O)(=O)O)C(O)C(O)C1O. The lowest BCUT2D eigenvalue weighted by atomic mass is 10.00. The van der Waals surface area contributed by atoms with Crippen LogP contribution < -0.4 is 0 Å². The number of allylic oxidation sites excluding steroid dienone is 15. The van der Waals surface area contributed by atoms with E-state index in [0.717, 1.165) is 64.2 Å². The maximum atomic E-state index is 12.7. The Labute approximate surface area is 334 Å². The zero-order chi connectivity index (χ0) is 41.3. The molecule has 0 aliphatic carbocycles. The number of carbonyl (C=O) groups is 2. The van der Waals surface area contributed by atoms with Gasteiger partial charge in [0.2, 0.25) is 0 Å². The van der Waals surface area contributed by atoms with E-state index in [1.54, 1.807) is 6.08 Å². The number of esters is 2. The number of hydrogen-bond acceptors (Lipinski definition) is 11. The van der Waals surface area contributed by atoms with E-state index in [-0.39, 0.29) is 19.4 Å². The molecule has 316 valence electrons. The first-order chi connectivity index (χ1) is 27.0. The van der Waals surface area contributed by atoms with Gasteiger partial charge >= 0.3 is 11.9 Å². The van der Waals surface area contributed by atoms with Crippen LogP contribution in [0.1, 0.15) is 104 Å². The lowest BCUT2D eigenvalue weighted by Gasteiger charge is -2.40. The molecule has 4 N–H and O–H groups in total. The van der Waals surface area contributed by atoms with Crippen LogP contribution in [0.25, 0.3) is 0 Å². The van der Waals surface area contributed by atoms with E-state index >= 15 is 0 Å². The van der Waals surface area contributed by atoms with Gasteiger partial charge in [0.25, 0.3) is 10.1 Å². The first-order valence-electron chi connectivity index (χ1n) is 19.8. The molecule has 0 aromatic heterocycles. The van der Waals surface area contributed by atoms with Gasteiger partial charge < -0.3 is 34.3 Å². The van der Waals surface area contributed by atoms with Gasteiger partial charge in [-0.2, -0.15) is 8.42 Å². The molecule has 0 saturated carbocycles. The average Bonchev–Trinajstić information content (AvgIpc) is 3.16. The molecule has 1 heterocycles. The Bertz CT molecular complexity index is 1410. The number of unbranched alkanes of at least 4 members (excludes halogenated alkanes) is 3. The zero-order valence-electron chi connectivity index (χ0n) is 33.2. The highest BCUT2D eigenvalue weighted by atomic mass is 32.2. The van der Waals surface area contributed by atoms with Crippen molar-refractivity contribution in [2.75, 3.05) is 19.0 Å². The number of aliphatic hydroxyl groups excluding tert-OH is 3. The summed E-state index contributed by atoms with van der Waals surface area (Å²) in [5, 5.41) is 30.8. The number of aliphatic hydroxyl groups is 3. The Morgan fingerprint density at radius 2 is 1.12 bits per heavy atom. The summed E-state index contributed by atoms with van der Waals surface area (Å²) in [5.74, 6) is -2.20. The van der Waals surface area contributed by atoms with Crippen molar-refractivity contribution in [1.82, 2.24) is 0 Å². The predicted molar refractivity (Wildman–Crippen MR) is 219 cm³/mol. The highest BCUT2D eigenvalue weighted by Gasteiger charge is 2.46. The lowest BCUT2D eigenvalue weighted by Crippen LogP contribution is -2.60. The van der Waals surface area contributed by atoms with Crippen LogP contribution in [0.3, 0.4) is 0 Å². The van der Waals surface area contributed by atoms with Gasteiger partial charge in [-0.15, -0.1) is 0 Å². The highest BCUT2D eigenvalue weighted by Crippen LogP contribution is 2.23. The maximum absolute atomic E-state index is 12.7. The Balaban J connectivity index is 2.61. The molecule has 6 atom stereocenters. The third kappa shape index (κ3) is 27.2. The summed E-state index contributed by atoms with van der Waals surface area (Å²) < 4.78 is 53.7. The molecule has 1 aliphatic heterocycles. The number of hydrogen-bond donors (Lipinski definition) is 4. The van der Waals surface area contributed by atoms with Crippen LogP contribution in [0.2, 0.25) is 0 Å². The Kier molecular flexibility index (Phi) is 29.5. The van der Waals surface area contributed by atoms with Crippen LogP contribution in [-0.4, -0.2) is 96.0 Å². The first-order valence-corrected chi connectivity index (χ1v) is 21.4. The summed E-state index contributed by atoms with van der Waals surface area (Å²) in [6.07, 6.45) is 33.5. The molecule has 56 heavy (non-hydrogen) atoms. The van der Waals surface area contributed by atoms with E-state index in [1.807, 2.05) is 18.2 Å². The molecule has 0 radical (unpaired) electrons. The summed E-state index contributed by atoms with van der Waals surface area (Å²) in [6, 6.07) is 0. The average molecular weight is 807 g/mol. The quantitative estimate of drug-likeness (QED) is 0.0250. The molecule has 12 nitrogen and oxygen atoms in total. The summed E-state index contributed by atoms with van der Waals surface area (Å²) in [4.78, 5) is 25.2. The molecule has 1 saturated heterocycles. The normalized spacial score (nSPS) is 21.7. The van der Waals surface area contributed by atoms with Gasteiger partial charge in [0, 0.05) is 6.42 Å². The molecule has 0 aromatic rings. The van der Waals surface area contributed by atoms with E-state index in [4.69, 9.17) is 18.9 Å². The van der Waals surface area contributed by atoms with Gasteiger partial charge in [0.15, 0.2) is 12.4 Å². The van der Waals surface area contributed by atoms with Crippen LogP contribution >= 0.6 is 0 Å². The van der Waals surface area contributed by atoms with Crippen molar-refractivity contribution in [1.29, 1.82) is 0 Å². The topological polar surface area (TPSA) is 186 Å². The van der Waals surface area contributed by atoms with E-state index in [9.17, 15) is 37.9 Å². The van der Waals surface area contributed by atoms with Crippen molar-refractivity contribution in [3.05, 3.63) is 97.2 Å². The highest BCUT2D eigenvalue weighted by molar-refractivity contribution is 7.85. The Hall–Kier alpha value is -3.43. The predicted octanol–water partition coefficient (Wildman–Crippen LogP) is 7.10. The number of rotatable bonds is 30. The van der Waals surface area contributed by atoms with Gasteiger partial charge in [-0.25, -0.2) is 0 Å². The van der Waals surface area contributed by atoms with Crippen molar-refractivity contribution in [3.63, 3.8) is 0 Å². The van der Waals surface area contributed by atoms with Crippen LogP contribution in [0.15, 0.2) is 97.2 Å². The molecule has 0 aromatic carbocycles. The monoisotopic (exact) mass is 806 g/mol. The zero-order valence-corrected chi connectivity index (χ0v) is 34.0. The molecule has 0 spiro atoms. The van der Waals surface area contributed by atoms with E-state index in [1.165, 1.54) is 0 Å². The second-order valence-corrected chi connectivity index (χ2v) is 14.7. The third-order valence-corrected chi connectivity index (χ3v) is 8.94. The van der Waals surface area contributed by atoms with Gasteiger partial charge in [0.05, 0.1) is 13.0 Å². The minimum atomic E-state index is -4.62. The smallest absolute Gasteiger partial charge is 0.310 e. The summed E-state index contributed by atoms with van der Waals surface area (Å²) in [5.41, 5.74) is 0. The number of carbonyl (C=O) groups excluding carboxylic acids is 2. The fourth-order valence-corrected chi connectivity index (χ4v) is 5.87. The minimum absolute atomic E-state index is 0.0805. The fraction of sp³-hybridized carbons (Fsp3) is 0.581. The summed E-state index contributed by atoms with van der Waals surface area (Å²) >= 11 is 0. The van der Waals surface area contributed by atoms with Crippen LogP contribution in [0, 0.1) is 0 Å². The van der Waals surface area contributed by atoms with Crippen molar-refractivity contribution in [3.8, 4) is 0 Å². The Morgan fingerprint density at radius 3 is 1.64 bits per heavy atom. The van der Waals surface area contributed by atoms with Gasteiger partial charge in [0.1, 0.15) is 36.8 Å². The van der Waals surface area contributed by atoms with Gasteiger partial charge in [-0.1, -0.05) is 117 Å². The van der Waals surface area contributed by atoms with Crippen LogP contribution in [0.4, 0.5) is 0 Å². The molecule has 1 rings (SSSR count). The van der Waals surface area contributed by atoms with E-state index in [0.29, 0.717) is 12.8 Å². The fourth-order valence-electron chi connectivity index (χ4n) is 5.18. The lowest BCUT2D eigenvalue weighted by molar-refractivity contribution is -0.297. The van der Waals surface area contributed by atoms with Crippen molar-refractivity contribution in [2.45, 2.75) is 141 Å². The summed E-state index contributed by atoms with van der Waals surface area (Å²) in [6.45, 7) is 3.37. The second-order valence-electron chi connectivity index (χ2n) is 13.2. The third-order valence-electron chi connectivity index (χ3n) is 8.19. The molecule has 0 bridgehead atoms. The second kappa shape index (κ2) is 32.6.